The van der Waals surface area contributed by atoms with Gasteiger partial charge in [-0.1, -0.05) is 6.07 Å². The van der Waals surface area contributed by atoms with E-state index in [-0.39, 0.29) is 12.5 Å². The largest absolute Gasteiger partial charge is 0.466 e. The van der Waals surface area contributed by atoms with Crippen LogP contribution in [-0.4, -0.2) is 33.2 Å². The topological polar surface area (TPSA) is 112 Å². The lowest BCUT2D eigenvalue weighted by Gasteiger charge is -2.17. The number of carbonyl (C=O) groups excluding carboxylic acids is 2. The summed E-state index contributed by atoms with van der Waals surface area (Å²) in [7, 11) is 0. The molecule has 0 saturated heterocycles. The predicted molar refractivity (Wildman–Crippen MR) is 99.5 cm³/mol. The number of anilines is 1. The molecule has 3 aromatic rings. The molecular weight excluding hydrogens is 354 g/mol. The number of primary amides is 1. The molecule has 0 saturated carbocycles. The lowest BCUT2D eigenvalue weighted by molar-refractivity contribution is -0.118. The number of nitrogens with one attached hydrogen (secondary N) is 1. The summed E-state index contributed by atoms with van der Waals surface area (Å²) in [6.45, 7) is -0.0324. The average Bonchev–Trinajstić information content (AvgIpc) is 3.03. The summed E-state index contributed by atoms with van der Waals surface area (Å²) in [4.78, 5) is 26.7. The van der Waals surface area contributed by atoms with Crippen LogP contribution in [0.3, 0.4) is 0 Å². The number of fused-ring (bicyclic) bond motifs is 2. The molecule has 0 radical (unpaired) electrons. The quantitative estimate of drug-likeness (QED) is 0.481. The maximum absolute atomic E-state index is 11.5. The number of aromatic nitrogens is 3. The lowest BCUT2D eigenvalue weighted by Crippen LogP contribution is -2.25. The van der Waals surface area contributed by atoms with Gasteiger partial charge in [0.25, 0.3) is 5.91 Å². The second kappa shape index (κ2) is 6.19. The van der Waals surface area contributed by atoms with Crippen LogP contribution < -0.4 is 15.8 Å². The van der Waals surface area contributed by atoms with Crippen LogP contribution in [0.25, 0.3) is 27.1 Å². The van der Waals surface area contributed by atoms with E-state index in [1.165, 1.54) is 10.8 Å². The highest BCUT2D eigenvalue weighted by Gasteiger charge is 2.18. The zero-order valence-electron chi connectivity index (χ0n) is 13.3. The van der Waals surface area contributed by atoms with E-state index in [0.717, 1.165) is 22.0 Å². The Labute approximate surface area is 153 Å². The van der Waals surface area contributed by atoms with Crippen LogP contribution >= 0.6 is 12.6 Å². The first-order chi connectivity index (χ1) is 12.5. The van der Waals surface area contributed by atoms with Crippen LogP contribution in [-0.2, 0) is 9.59 Å². The summed E-state index contributed by atoms with van der Waals surface area (Å²) in [6.07, 6.45) is 4.54. The van der Waals surface area contributed by atoms with E-state index in [2.05, 4.69) is 28.0 Å². The molecule has 2 aromatic heterocycles. The van der Waals surface area contributed by atoms with E-state index >= 15 is 0 Å². The molecule has 3 N–H and O–H groups in total. The zero-order valence-corrected chi connectivity index (χ0v) is 14.2. The fourth-order valence-electron chi connectivity index (χ4n) is 2.72. The summed E-state index contributed by atoms with van der Waals surface area (Å²) in [5.74, 6) is -0.408. The number of carbonyl (C=O) groups is 2. The Morgan fingerprint density at radius 2 is 2.15 bits per heavy atom. The van der Waals surface area contributed by atoms with Gasteiger partial charge in [0.2, 0.25) is 11.8 Å². The molecule has 0 spiro atoms. The maximum atomic E-state index is 11.5. The molecule has 26 heavy (non-hydrogen) atoms. The number of nitrogens with two attached hydrogens (primary N) is 1. The van der Waals surface area contributed by atoms with E-state index in [1.807, 2.05) is 24.3 Å². The van der Waals surface area contributed by atoms with Gasteiger partial charge in [0.05, 0.1) is 11.7 Å². The monoisotopic (exact) mass is 367 g/mol. The van der Waals surface area contributed by atoms with E-state index in [1.54, 1.807) is 12.4 Å². The van der Waals surface area contributed by atoms with Crippen molar-refractivity contribution in [2.45, 2.75) is 0 Å². The number of thiol groups is 1. The molecule has 3 heterocycles. The highest BCUT2D eigenvalue weighted by molar-refractivity contribution is 7.90. The molecule has 0 atom stereocenters. The molecule has 0 bridgehead atoms. The van der Waals surface area contributed by atoms with E-state index in [0.29, 0.717) is 16.6 Å². The lowest BCUT2D eigenvalue weighted by atomic mass is 10.1. The van der Waals surface area contributed by atoms with Gasteiger partial charge in [-0.25, -0.2) is 9.67 Å². The summed E-state index contributed by atoms with van der Waals surface area (Å²) in [5, 5.41) is 8.16. The van der Waals surface area contributed by atoms with E-state index < -0.39 is 5.91 Å². The summed E-state index contributed by atoms with van der Waals surface area (Å²) < 4.78 is 6.79. The maximum Gasteiger partial charge on any atom is 0.262 e. The van der Waals surface area contributed by atoms with Gasteiger partial charge in [-0.3, -0.25) is 9.59 Å². The molecule has 1 aliphatic heterocycles. The van der Waals surface area contributed by atoms with E-state index in [4.69, 9.17) is 10.5 Å². The number of ether oxygens (including phenoxy) is 1. The number of hydrogen-bond donors (Lipinski definition) is 3. The third-order valence-corrected chi connectivity index (χ3v) is 4.17. The van der Waals surface area contributed by atoms with Crippen molar-refractivity contribution in [1.82, 2.24) is 14.8 Å². The Morgan fingerprint density at radius 1 is 1.31 bits per heavy atom. The third kappa shape index (κ3) is 2.88. The smallest absolute Gasteiger partial charge is 0.262 e. The number of benzene rings is 1. The van der Waals surface area contributed by atoms with Crippen LogP contribution in [0.2, 0.25) is 0 Å². The number of nitrogens with zero attached hydrogens (tertiary/aromatic N) is 3. The van der Waals surface area contributed by atoms with Crippen LogP contribution in [0.1, 0.15) is 0 Å². The van der Waals surface area contributed by atoms with Gasteiger partial charge in [-0.15, -0.1) is 12.6 Å². The number of amides is 2. The first kappa shape index (κ1) is 16.2. The number of pyridine rings is 1. The Bertz CT molecular complexity index is 1090. The van der Waals surface area contributed by atoms with Crippen molar-refractivity contribution in [2.75, 3.05) is 11.9 Å². The van der Waals surface area contributed by atoms with Crippen LogP contribution in [0.15, 0.2) is 42.7 Å². The van der Waals surface area contributed by atoms with Crippen molar-refractivity contribution in [1.29, 1.82) is 0 Å². The molecule has 9 heteroatoms. The van der Waals surface area contributed by atoms with Crippen LogP contribution in [0.5, 0.6) is 5.88 Å². The molecule has 1 aromatic carbocycles. The molecule has 0 aliphatic carbocycles. The third-order valence-electron chi connectivity index (χ3n) is 3.85. The minimum Gasteiger partial charge on any atom is -0.466 e. The fourth-order valence-corrected chi connectivity index (χ4v) is 3.00. The molecule has 130 valence electrons. The molecule has 8 nitrogen and oxygen atoms in total. The minimum atomic E-state index is -0.598. The highest BCUT2D eigenvalue weighted by Crippen LogP contribution is 2.32. The van der Waals surface area contributed by atoms with Gasteiger partial charge in [0.1, 0.15) is 10.7 Å². The molecule has 0 unspecified atom stereocenters. The highest BCUT2D eigenvalue weighted by atomic mass is 32.1. The minimum absolute atomic E-state index is 0.0324. The summed E-state index contributed by atoms with van der Waals surface area (Å²) >= 11 is 4.26. The molecule has 4 rings (SSSR count). The standard InChI is InChI=1S/C17H13N5O3S/c18-14(23)5-16(26)22-13-2-1-9(3-11(13)7-20-22)10-4-12-17(19-6-10)25-8-15(24)21-12/h1-7,26H,8H2,(H2,18,23)(H,21,24)/b16-5-. The Morgan fingerprint density at radius 3 is 2.96 bits per heavy atom. The van der Waals surface area contributed by atoms with Crippen molar-refractivity contribution < 1.29 is 14.3 Å². The van der Waals surface area contributed by atoms with Crippen LogP contribution in [0, 0.1) is 0 Å². The van der Waals surface area contributed by atoms with Crippen molar-refractivity contribution in [3.05, 3.63) is 42.7 Å². The Kier molecular flexibility index (Phi) is 3.85. The SMILES string of the molecule is NC(=O)/C=C(\S)n1ncc2cc(-c3cnc4c(c3)NC(=O)CO4)ccc21. The predicted octanol–water partition coefficient (Wildman–Crippen LogP) is 1.64. The number of rotatable bonds is 3. The average molecular weight is 367 g/mol. The van der Waals surface area contributed by atoms with Crippen LogP contribution in [0.4, 0.5) is 5.69 Å². The van der Waals surface area contributed by atoms with Crippen molar-refractivity contribution >= 4 is 46.1 Å². The summed E-state index contributed by atoms with van der Waals surface area (Å²) in [5.41, 5.74) is 8.19. The van der Waals surface area contributed by atoms with Gasteiger partial charge < -0.3 is 15.8 Å². The van der Waals surface area contributed by atoms with Crippen molar-refractivity contribution in [3.63, 3.8) is 0 Å². The molecular formula is C17H13N5O3S. The van der Waals surface area contributed by atoms with Gasteiger partial charge >= 0.3 is 0 Å². The molecule has 0 fully saturated rings. The van der Waals surface area contributed by atoms with Gasteiger partial charge in [-0.2, -0.15) is 5.10 Å². The zero-order chi connectivity index (χ0) is 18.3. The van der Waals surface area contributed by atoms with Gasteiger partial charge in [0.15, 0.2) is 6.61 Å². The normalized spacial score (nSPS) is 13.9. The Hall–Kier alpha value is -3.33. The first-order valence-electron chi connectivity index (χ1n) is 7.62. The molecule has 2 amide bonds. The Balaban J connectivity index is 1.74. The van der Waals surface area contributed by atoms with E-state index in [9.17, 15) is 9.59 Å². The van der Waals surface area contributed by atoms with Crippen molar-refractivity contribution in [2.24, 2.45) is 5.73 Å². The van der Waals surface area contributed by atoms with Crippen molar-refractivity contribution in [3.8, 4) is 17.0 Å². The number of hydrogen-bond acceptors (Lipinski definition) is 6. The summed E-state index contributed by atoms with van der Waals surface area (Å²) in [6, 6.07) is 7.49. The molecule has 1 aliphatic rings. The second-order valence-electron chi connectivity index (χ2n) is 5.65. The second-order valence-corrected chi connectivity index (χ2v) is 6.11. The first-order valence-corrected chi connectivity index (χ1v) is 8.07. The fraction of sp³-hybridized carbons (Fsp3) is 0.0588. The van der Waals surface area contributed by atoms with Gasteiger partial charge in [0, 0.05) is 23.2 Å². The van der Waals surface area contributed by atoms with Gasteiger partial charge in [-0.05, 0) is 23.8 Å².